The third-order valence-corrected chi connectivity index (χ3v) is 4.92. The third kappa shape index (κ3) is 4.62. The number of aromatic nitrogens is 1. The molecule has 0 aliphatic carbocycles. The van der Waals surface area contributed by atoms with Gasteiger partial charge in [-0.1, -0.05) is 42.7 Å². The Bertz CT molecular complexity index is 643. The van der Waals surface area contributed by atoms with E-state index in [9.17, 15) is 4.79 Å². The number of carbonyl (C=O) groups excluding carboxylic acids is 1. The molecule has 1 aromatic heterocycles. The van der Waals surface area contributed by atoms with Gasteiger partial charge in [0.1, 0.15) is 0 Å². The van der Waals surface area contributed by atoms with Gasteiger partial charge in [0.25, 0.3) is 0 Å². The molecule has 122 valence electrons. The molecule has 1 aliphatic rings. The number of carbonyl (C=O) groups is 1. The molecule has 1 amide bonds. The lowest BCUT2D eigenvalue weighted by Crippen LogP contribution is -2.33. The second-order valence-electron chi connectivity index (χ2n) is 6.14. The lowest BCUT2D eigenvalue weighted by atomic mass is 10.1. The summed E-state index contributed by atoms with van der Waals surface area (Å²) in [6.07, 6.45) is 4.96. The maximum absolute atomic E-state index is 12.2. The smallest absolute Gasteiger partial charge is 0.240 e. The van der Waals surface area contributed by atoms with Crippen LogP contribution >= 0.6 is 11.3 Å². The minimum Gasteiger partial charge on any atom is -0.301 e. The first-order chi connectivity index (χ1) is 11.2. The molecule has 5 heteroatoms. The van der Waals surface area contributed by atoms with Gasteiger partial charge in [-0.3, -0.25) is 9.69 Å². The molecule has 1 aromatic carbocycles. The Hall–Kier alpha value is -1.72. The van der Waals surface area contributed by atoms with Crippen molar-refractivity contribution in [1.29, 1.82) is 0 Å². The minimum absolute atomic E-state index is 0.0386. The van der Waals surface area contributed by atoms with E-state index in [1.54, 1.807) is 0 Å². The molecule has 0 unspecified atom stereocenters. The van der Waals surface area contributed by atoms with Crippen LogP contribution in [0.25, 0.3) is 11.3 Å². The van der Waals surface area contributed by atoms with Crippen molar-refractivity contribution in [3.8, 4) is 11.3 Å². The number of rotatable bonds is 4. The summed E-state index contributed by atoms with van der Waals surface area (Å²) in [6.45, 7) is 4.60. The molecule has 0 saturated carbocycles. The summed E-state index contributed by atoms with van der Waals surface area (Å²) in [4.78, 5) is 19.0. The Morgan fingerprint density at radius 3 is 2.57 bits per heavy atom. The van der Waals surface area contributed by atoms with E-state index in [1.165, 1.54) is 42.6 Å². The molecule has 1 N–H and O–H groups in total. The summed E-state index contributed by atoms with van der Waals surface area (Å²) < 4.78 is 0. The topological polar surface area (TPSA) is 45.2 Å². The standard InChI is InChI=1S/C18H23N3OS/c1-14-6-8-15(9-7-14)16-13-23-18(19-16)20-17(22)12-21-10-4-2-3-5-11-21/h6-9,13H,2-5,10-12H2,1H3,(H,19,20,22). The van der Waals surface area contributed by atoms with Crippen molar-refractivity contribution in [3.63, 3.8) is 0 Å². The summed E-state index contributed by atoms with van der Waals surface area (Å²) in [6, 6.07) is 8.28. The van der Waals surface area contributed by atoms with Crippen molar-refractivity contribution in [2.45, 2.75) is 32.6 Å². The molecule has 23 heavy (non-hydrogen) atoms. The Kier molecular flexibility index (Phi) is 5.41. The van der Waals surface area contributed by atoms with Crippen LogP contribution in [0.4, 0.5) is 5.13 Å². The number of hydrogen-bond acceptors (Lipinski definition) is 4. The van der Waals surface area contributed by atoms with Crippen LogP contribution in [0.5, 0.6) is 0 Å². The Morgan fingerprint density at radius 2 is 1.87 bits per heavy atom. The third-order valence-electron chi connectivity index (χ3n) is 4.16. The maximum atomic E-state index is 12.2. The predicted octanol–water partition coefficient (Wildman–Crippen LogP) is 3.93. The summed E-state index contributed by atoms with van der Waals surface area (Å²) in [5.41, 5.74) is 3.23. The molecule has 1 saturated heterocycles. The molecule has 2 heterocycles. The quantitative estimate of drug-likeness (QED) is 0.924. The molecule has 4 nitrogen and oxygen atoms in total. The highest BCUT2D eigenvalue weighted by molar-refractivity contribution is 7.14. The number of aryl methyl sites for hydroxylation is 1. The van der Waals surface area contributed by atoms with Crippen LogP contribution in [0.2, 0.25) is 0 Å². The number of amides is 1. The van der Waals surface area contributed by atoms with Gasteiger partial charge in [0.05, 0.1) is 12.2 Å². The molecule has 0 atom stereocenters. The first kappa shape index (κ1) is 16.1. The average molecular weight is 329 g/mol. The summed E-state index contributed by atoms with van der Waals surface area (Å²) in [7, 11) is 0. The van der Waals surface area contributed by atoms with Crippen molar-refractivity contribution >= 4 is 22.4 Å². The van der Waals surface area contributed by atoms with Gasteiger partial charge in [-0.15, -0.1) is 11.3 Å². The largest absolute Gasteiger partial charge is 0.301 e. The van der Waals surface area contributed by atoms with Crippen LogP contribution < -0.4 is 5.32 Å². The number of likely N-dealkylation sites (tertiary alicyclic amines) is 1. The molecule has 0 radical (unpaired) electrons. The van der Waals surface area contributed by atoms with Crippen LogP contribution in [0.3, 0.4) is 0 Å². The van der Waals surface area contributed by atoms with Crippen LogP contribution in [0, 0.1) is 6.92 Å². The highest BCUT2D eigenvalue weighted by Crippen LogP contribution is 2.25. The average Bonchev–Trinajstić information content (AvgIpc) is 2.84. The number of benzene rings is 1. The van der Waals surface area contributed by atoms with Gasteiger partial charge >= 0.3 is 0 Å². The summed E-state index contributed by atoms with van der Waals surface area (Å²) in [5.74, 6) is 0.0386. The number of thiazole rings is 1. The molecule has 0 spiro atoms. The fourth-order valence-electron chi connectivity index (χ4n) is 2.84. The first-order valence-corrected chi connectivity index (χ1v) is 9.13. The molecule has 1 aliphatic heterocycles. The number of nitrogens with one attached hydrogen (secondary N) is 1. The van der Waals surface area contributed by atoms with E-state index in [2.05, 4.69) is 46.4 Å². The van der Waals surface area contributed by atoms with E-state index in [0.29, 0.717) is 11.7 Å². The zero-order chi connectivity index (χ0) is 16.1. The molecular weight excluding hydrogens is 306 g/mol. The van der Waals surface area contributed by atoms with Crippen molar-refractivity contribution in [2.24, 2.45) is 0 Å². The first-order valence-electron chi connectivity index (χ1n) is 8.25. The van der Waals surface area contributed by atoms with E-state index < -0.39 is 0 Å². The van der Waals surface area contributed by atoms with Gasteiger partial charge in [-0.05, 0) is 32.9 Å². The Morgan fingerprint density at radius 1 is 1.17 bits per heavy atom. The summed E-state index contributed by atoms with van der Waals surface area (Å²) >= 11 is 1.48. The van der Waals surface area contributed by atoms with Crippen molar-refractivity contribution in [2.75, 3.05) is 25.0 Å². The number of anilines is 1. The monoisotopic (exact) mass is 329 g/mol. The summed E-state index contributed by atoms with van der Waals surface area (Å²) in [5, 5.41) is 5.61. The van der Waals surface area contributed by atoms with E-state index in [1.807, 2.05) is 5.38 Å². The van der Waals surface area contributed by atoms with E-state index >= 15 is 0 Å². The number of nitrogens with zero attached hydrogens (tertiary/aromatic N) is 2. The van der Waals surface area contributed by atoms with Crippen LogP contribution in [0.15, 0.2) is 29.6 Å². The Labute approximate surface area is 141 Å². The molecule has 2 aromatic rings. The van der Waals surface area contributed by atoms with Crippen LogP contribution in [-0.2, 0) is 4.79 Å². The fourth-order valence-corrected chi connectivity index (χ4v) is 3.58. The van der Waals surface area contributed by atoms with Gasteiger partial charge in [-0.2, -0.15) is 0 Å². The highest BCUT2D eigenvalue weighted by Gasteiger charge is 2.14. The zero-order valence-corrected chi connectivity index (χ0v) is 14.4. The fraction of sp³-hybridized carbons (Fsp3) is 0.444. The second-order valence-corrected chi connectivity index (χ2v) is 7.00. The second kappa shape index (κ2) is 7.70. The number of hydrogen-bond donors (Lipinski definition) is 1. The molecule has 1 fully saturated rings. The van der Waals surface area contributed by atoms with Crippen LogP contribution in [-0.4, -0.2) is 35.4 Å². The van der Waals surface area contributed by atoms with Gasteiger partial charge < -0.3 is 5.32 Å². The molecular formula is C18H23N3OS. The van der Waals surface area contributed by atoms with Crippen molar-refractivity contribution in [1.82, 2.24) is 9.88 Å². The SMILES string of the molecule is Cc1ccc(-c2csc(NC(=O)CN3CCCCCC3)n2)cc1. The van der Waals surface area contributed by atoms with Crippen LogP contribution in [0.1, 0.15) is 31.2 Å². The lowest BCUT2D eigenvalue weighted by Gasteiger charge is -2.18. The zero-order valence-electron chi connectivity index (χ0n) is 13.5. The van der Waals surface area contributed by atoms with Gasteiger partial charge in [0.15, 0.2) is 5.13 Å². The van der Waals surface area contributed by atoms with E-state index in [-0.39, 0.29) is 5.91 Å². The van der Waals surface area contributed by atoms with E-state index in [4.69, 9.17) is 0 Å². The van der Waals surface area contributed by atoms with Crippen molar-refractivity contribution in [3.05, 3.63) is 35.2 Å². The Balaban J connectivity index is 1.57. The minimum atomic E-state index is 0.0386. The van der Waals surface area contributed by atoms with Gasteiger partial charge in [0, 0.05) is 10.9 Å². The van der Waals surface area contributed by atoms with Crippen molar-refractivity contribution < 1.29 is 4.79 Å². The normalized spacial score (nSPS) is 16.0. The molecule has 3 rings (SSSR count). The van der Waals surface area contributed by atoms with Gasteiger partial charge in [-0.25, -0.2) is 4.98 Å². The highest BCUT2D eigenvalue weighted by atomic mass is 32.1. The predicted molar refractivity (Wildman–Crippen MR) is 95.8 cm³/mol. The van der Waals surface area contributed by atoms with Gasteiger partial charge in [0.2, 0.25) is 5.91 Å². The maximum Gasteiger partial charge on any atom is 0.240 e. The lowest BCUT2D eigenvalue weighted by molar-refractivity contribution is -0.117. The van der Waals surface area contributed by atoms with E-state index in [0.717, 1.165) is 24.3 Å². The molecule has 0 bridgehead atoms.